The fourth-order valence-corrected chi connectivity index (χ4v) is 4.25. The van der Waals surface area contributed by atoms with E-state index in [1.807, 2.05) is 0 Å². The predicted octanol–water partition coefficient (Wildman–Crippen LogP) is 3.91. The molecule has 32 heavy (non-hydrogen) atoms. The van der Waals surface area contributed by atoms with Gasteiger partial charge in [-0.1, -0.05) is 12.1 Å². The third kappa shape index (κ3) is 4.78. The number of carbonyl (C=O) groups excluding carboxylic acids is 1. The molecule has 3 aromatic rings. The van der Waals surface area contributed by atoms with Gasteiger partial charge in [-0.15, -0.1) is 0 Å². The first-order chi connectivity index (χ1) is 15.5. The fraction of sp³-hybridized carbons (Fsp3) is 0.174. The van der Waals surface area contributed by atoms with Gasteiger partial charge in [-0.25, -0.2) is 8.42 Å². The molecule has 0 unspecified atom stereocenters. The number of sulfonamides is 1. The van der Waals surface area contributed by atoms with E-state index in [-0.39, 0.29) is 16.1 Å². The number of hydrogen-bond acceptors (Lipinski definition) is 6. The van der Waals surface area contributed by atoms with Gasteiger partial charge in [-0.05, 0) is 48.5 Å². The summed E-state index contributed by atoms with van der Waals surface area (Å²) in [6.45, 7) is 0.951. The first-order valence-corrected chi connectivity index (χ1v) is 11.4. The smallest absolute Gasteiger partial charge is 0.262 e. The van der Waals surface area contributed by atoms with Crippen molar-refractivity contribution in [1.82, 2.24) is 0 Å². The van der Waals surface area contributed by atoms with Gasteiger partial charge < -0.3 is 19.5 Å². The molecule has 0 fully saturated rings. The summed E-state index contributed by atoms with van der Waals surface area (Å²) in [7, 11) is -2.42. The molecule has 0 radical (unpaired) electrons. The minimum atomic E-state index is -3.98. The van der Waals surface area contributed by atoms with E-state index in [0.717, 1.165) is 0 Å². The standard InChI is InChI=1S/C23H22N2O6S/c1-29-17-9-7-16(8-10-17)24-23(26)19-5-2-3-6-20(19)25-32(27,28)18-11-12-21-22(15-18)31-14-4-13-30-21/h2-3,5-12,15,25H,4,13-14H2,1H3,(H,24,26). The minimum Gasteiger partial charge on any atom is -0.497 e. The summed E-state index contributed by atoms with van der Waals surface area (Å²) >= 11 is 0. The highest BCUT2D eigenvalue weighted by molar-refractivity contribution is 7.92. The van der Waals surface area contributed by atoms with Gasteiger partial charge in [-0.3, -0.25) is 9.52 Å². The van der Waals surface area contributed by atoms with Crippen LogP contribution in [0.2, 0.25) is 0 Å². The summed E-state index contributed by atoms with van der Waals surface area (Å²) in [6.07, 6.45) is 0.714. The second-order valence-electron chi connectivity index (χ2n) is 6.99. The van der Waals surface area contributed by atoms with Gasteiger partial charge in [0.2, 0.25) is 0 Å². The second kappa shape index (κ2) is 9.19. The van der Waals surface area contributed by atoms with Gasteiger partial charge in [0.05, 0.1) is 36.5 Å². The Labute approximate surface area is 186 Å². The molecule has 1 aliphatic heterocycles. The molecule has 0 aromatic heterocycles. The molecule has 4 rings (SSSR count). The van der Waals surface area contributed by atoms with Crippen LogP contribution in [0.4, 0.5) is 11.4 Å². The molecule has 8 nitrogen and oxygen atoms in total. The van der Waals surface area contributed by atoms with Crippen LogP contribution < -0.4 is 24.2 Å². The minimum absolute atomic E-state index is 0.00659. The molecule has 0 spiro atoms. The second-order valence-corrected chi connectivity index (χ2v) is 8.68. The van der Waals surface area contributed by atoms with Crippen molar-refractivity contribution in [3.05, 3.63) is 72.3 Å². The predicted molar refractivity (Wildman–Crippen MR) is 120 cm³/mol. The van der Waals surface area contributed by atoms with Crippen LogP contribution in [0.3, 0.4) is 0 Å². The zero-order chi connectivity index (χ0) is 22.6. The Kier molecular flexibility index (Phi) is 6.18. The largest absolute Gasteiger partial charge is 0.497 e. The highest BCUT2D eigenvalue weighted by Crippen LogP contribution is 2.32. The number of nitrogens with one attached hydrogen (secondary N) is 2. The van der Waals surface area contributed by atoms with Gasteiger partial charge in [0.25, 0.3) is 15.9 Å². The van der Waals surface area contributed by atoms with E-state index in [1.165, 1.54) is 18.2 Å². The molecule has 0 saturated carbocycles. The van der Waals surface area contributed by atoms with Crippen molar-refractivity contribution >= 4 is 27.3 Å². The molecule has 9 heteroatoms. The quantitative estimate of drug-likeness (QED) is 0.585. The first kappa shape index (κ1) is 21.5. The van der Waals surface area contributed by atoms with E-state index in [4.69, 9.17) is 14.2 Å². The molecule has 1 aliphatic rings. The van der Waals surface area contributed by atoms with Crippen molar-refractivity contribution in [2.45, 2.75) is 11.3 Å². The van der Waals surface area contributed by atoms with Crippen molar-refractivity contribution in [3.8, 4) is 17.2 Å². The summed E-state index contributed by atoms with van der Waals surface area (Å²) in [5.74, 6) is 1.08. The topological polar surface area (TPSA) is 103 Å². The molecule has 0 saturated heterocycles. The lowest BCUT2D eigenvalue weighted by Crippen LogP contribution is -2.18. The molecule has 2 N–H and O–H groups in total. The molecular weight excluding hydrogens is 432 g/mol. The number of ether oxygens (including phenoxy) is 3. The third-order valence-electron chi connectivity index (χ3n) is 4.79. The monoisotopic (exact) mass is 454 g/mol. The van der Waals surface area contributed by atoms with E-state index in [2.05, 4.69) is 10.0 Å². The summed E-state index contributed by atoms with van der Waals surface area (Å²) in [5.41, 5.74) is 0.892. The zero-order valence-corrected chi connectivity index (χ0v) is 18.1. The molecule has 0 aliphatic carbocycles. The van der Waals surface area contributed by atoms with Crippen LogP contribution >= 0.6 is 0 Å². The maximum Gasteiger partial charge on any atom is 0.262 e. The summed E-state index contributed by atoms with van der Waals surface area (Å²) in [5, 5.41) is 2.76. The lowest BCUT2D eigenvalue weighted by Gasteiger charge is -2.14. The summed E-state index contributed by atoms with van der Waals surface area (Å²) < 4.78 is 44.8. The molecule has 0 bridgehead atoms. The average Bonchev–Trinajstić information content (AvgIpc) is 3.04. The van der Waals surface area contributed by atoms with Gasteiger partial charge in [0.1, 0.15) is 5.75 Å². The Hall–Kier alpha value is -3.72. The van der Waals surface area contributed by atoms with Gasteiger partial charge in [0, 0.05) is 18.2 Å². The van der Waals surface area contributed by atoms with Crippen LogP contribution in [-0.2, 0) is 10.0 Å². The van der Waals surface area contributed by atoms with Crippen LogP contribution in [0.25, 0.3) is 0 Å². The van der Waals surface area contributed by atoms with E-state index < -0.39 is 15.9 Å². The fourth-order valence-electron chi connectivity index (χ4n) is 3.16. The van der Waals surface area contributed by atoms with Crippen LogP contribution in [-0.4, -0.2) is 34.6 Å². The SMILES string of the molecule is COc1ccc(NC(=O)c2ccccc2NS(=O)(=O)c2ccc3c(c2)OCCCO3)cc1. The highest BCUT2D eigenvalue weighted by atomic mass is 32.2. The van der Waals surface area contributed by atoms with Crippen LogP contribution in [0.1, 0.15) is 16.8 Å². The molecule has 1 heterocycles. The lowest BCUT2D eigenvalue weighted by molar-refractivity contribution is 0.102. The third-order valence-corrected chi connectivity index (χ3v) is 6.16. The van der Waals surface area contributed by atoms with Gasteiger partial charge >= 0.3 is 0 Å². The highest BCUT2D eigenvalue weighted by Gasteiger charge is 2.21. The first-order valence-electron chi connectivity index (χ1n) is 9.93. The Morgan fingerprint density at radius 1 is 0.938 bits per heavy atom. The van der Waals surface area contributed by atoms with Crippen molar-refractivity contribution in [1.29, 1.82) is 0 Å². The lowest BCUT2D eigenvalue weighted by atomic mass is 10.1. The van der Waals surface area contributed by atoms with Crippen molar-refractivity contribution in [2.24, 2.45) is 0 Å². The van der Waals surface area contributed by atoms with E-state index in [9.17, 15) is 13.2 Å². The maximum absolute atomic E-state index is 13.0. The number of rotatable bonds is 6. The number of anilines is 2. The van der Waals surface area contributed by atoms with Crippen molar-refractivity contribution in [2.75, 3.05) is 30.4 Å². The molecule has 166 valence electrons. The van der Waals surface area contributed by atoms with E-state index in [1.54, 1.807) is 55.6 Å². The Morgan fingerprint density at radius 2 is 1.66 bits per heavy atom. The van der Waals surface area contributed by atoms with Crippen molar-refractivity contribution in [3.63, 3.8) is 0 Å². The van der Waals surface area contributed by atoms with Crippen LogP contribution in [0, 0.1) is 0 Å². The Balaban J connectivity index is 1.57. The zero-order valence-electron chi connectivity index (χ0n) is 17.3. The van der Waals surface area contributed by atoms with Gasteiger partial charge in [-0.2, -0.15) is 0 Å². The number of benzene rings is 3. The summed E-state index contributed by atoms with van der Waals surface area (Å²) in [4.78, 5) is 12.8. The van der Waals surface area contributed by atoms with E-state index in [0.29, 0.717) is 42.6 Å². The van der Waals surface area contributed by atoms with Crippen LogP contribution in [0.15, 0.2) is 71.6 Å². The molecule has 3 aromatic carbocycles. The Morgan fingerprint density at radius 3 is 2.41 bits per heavy atom. The number of methoxy groups -OCH3 is 1. The average molecular weight is 455 g/mol. The number of amides is 1. The van der Waals surface area contributed by atoms with E-state index >= 15 is 0 Å². The number of hydrogen-bond donors (Lipinski definition) is 2. The maximum atomic E-state index is 13.0. The molecular formula is C23H22N2O6S. The summed E-state index contributed by atoms with van der Waals surface area (Å²) in [6, 6.07) is 17.6. The Bertz CT molecular complexity index is 1230. The normalized spacial score (nSPS) is 13.0. The van der Waals surface area contributed by atoms with Gasteiger partial charge in [0.15, 0.2) is 11.5 Å². The molecule has 1 amide bonds. The molecule has 0 atom stereocenters. The number of carbonyl (C=O) groups is 1. The number of fused-ring (bicyclic) bond motifs is 1. The van der Waals surface area contributed by atoms with Crippen LogP contribution in [0.5, 0.6) is 17.2 Å². The van der Waals surface area contributed by atoms with Crippen molar-refractivity contribution < 1.29 is 27.4 Å². The number of para-hydroxylation sites is 1.